The smallest absolute Gasteiger partial charge is 0.139 e. The summed E-state index contributed by atoms with van der Waals surface area (Å²) in [5.41, 5.74) is 0.301. The maximum Gasteiger partial charge on any atom is 0.139 e. The van der Waals surface area contributed by atoms with Crippen LogP contribution in [0.15, 0.2) is 0 Å². The van der Waals surface area contributed by atoms with E-state index in [1.165, 1.54) is 0 Å². The lowest BCUT2D eigenvalue weighted by atomic mass is 9.90. The molecule has 0 spiro atoms. The van der Waals surface area contributed by atoms with Crippen molar-refractivity contribution in [1.82, 2.24) is 0 Å². The predicted molar refractivity (Wildman–Crippen MR) is 50.4 cm³/mol. The molecule has 1 atom stereocenters. The number of Topliss-reactive ketones (excluding diaryl/α,β-unsaturated/α-hetero) is 1. The quantitative estimate of drug-likeness (QED) is 0.653. The number of hydrogen-bond acceptors (Lipinski definition) is 2. The summed E-state index contributed by atoms with van der Waals surface area (Å²) in [6.07, 6.45) is 3.00. The topological polar surface area (TPSA) is 26.3 Å². The van der Waals surface area contributed by atoms with E-state index in [0.717, 1.165) is 32.5 Å². The van der Waals surface area contributed by atoms with Gasteiger partial charge in [0.1, 0.15) is 5.78 Å². The van der Waals surface area contributed by atoms with Crippen molar-refractivity contribution in [3.63, 3.8) is 0 Å². The molecule has 0 radical (unpaired) electrons. The van der Waals surface area contributed by atoms with Crippen LogP contribution in [-0.2, 0) is 9.53 Å². The Morgan fingerprint density at radius 3 is 2.31 bits per heavy atom. The van der Waals surface area contributed by atoms with Gasteiger partial charge in [-0.25, -0.2) is 0 Å². The van der Waals surface area contributed by atoms with Crippen molar-refractivity contribution in [2.24, 2.45) is 17.3 Å². The van der Waals surface area contributed by atoms with Gasteiger partial charge in [-0.2, -0.15) is 0 Å². The van der Waals surface area contributed by atoms with Gasteiger partial charge in [0.25, 0.3) is 0 Å². The molecule has 0 aromatic heterocycles. The van der Waals surface area contributed by atoms with Crippen molar-refractivity contribution < 1.29 is 9.53 Å². The number of ketones is 1. The second-order valence-corrected chi connectivity index (χ2v) is 5.03. The van der Waals surface area contributed by atoms with Gasteiger partial charge in [-0.05, 0) is 24.7 Å². The second-order valence-electron chi connectivity index (χ2n) is 5.03. The Bertz CT molecular complexity index is 214. The lowest BCUT2D eigenvalue weighted by Crippen LogP contribution is -2.25. The zero-order chi connectivity index (χ0) is 9.47. The molecule has 13 heavy (non-hydrogen) atoms. The molecule has 2 fully saturated rings. The molecule has 0 bridgehead atoms. The fourth-order valence-electron chi connectivity index (χ4n) is 2.22. The van der Waals surface area contributed by atoms with Gasteiger partial charge >= 0.3 is 0 Å². The summed E-state index contributed by atoms with van der Waals surface area (Å²) in [5.74, 6) is 1.17. The molecule has 0 N–H and O–H groups in total. The van der Waals surface area contributed by atoms with Crippen LogP contribution in [0, 0.1) is 17.3 Å². The summed E-state index contributed by atoms with van der Waals surface area (Å²) in [6, 6.07) is 0. The molecule has 1 aliphatic carbocycles. The number of carbonyl (C=O) groups excluding carboxylic acids is 1. The Balaban J connectivity index is 1.90. The first-order valence-electron chi connectivity index (χ1n) is 5.23. The van der Waals surface area contributed by atoms with Crippen molar-refractivity contribution in [2.75, 3.05) is 13.2 Å². The van der Waals surface area contributed by atoms with Gasteiger partial charge in [-0.3, -0.25) is 4.79 Å². The van der Waals surface area contributed by atoms with Gasteiger partial charge < -0.3 is 4.74 Å². The summed E-state index contributed by atoms with van der Waals surface area (Å²) < 4.78 is 5.25. The standard InChI is InChI=1S/C11H18O2/c1-11(2)7-9(11)10(12)8-3-5-13-6-4-8/h8-9H,3-7H2,1-2H3. The number of carbonyl (C=O) groups is 1. The lowest BCUT2D eigenvalue weighted by Gasteiger charge is -2.21. The first-order valence-corrected chi connectivity index (χ1v) is 5.23. The van der Waals surface area contributed by atoms with Crippen LogP contribution in [0.3, 0.4) is 0 Å². The van der Waals surface area contributed by atoms with E-state index < -0.39 is 0 Å². The fourth-order valence-corrected chi connectivity index (χ4v) is 2.22. The van der Waals surface area contributed by atoms with E-state index in [4.69, 9.17) is 4.74 Å². The molecule has 1 saturated carbocycles. The average Bonchev–Trinajstić information content (AvgIpc) is 2.76. The molecular weight excluding hydrogens is 164 g/mol. The first kappa shape index (κ1) is 9.20. The van der Waals surface area contributed by atoms with Crippen molar-refractivity contribution in [1.29, 1.82) is 0 Å². The lowest BCUT2D eigenvalue weighted by molar-refractivity contribution is -0.127. The second kappa shape index (κ2) is 3.09. The molecule has 2 heteroatoms. The third-order valence-electron chi connectivity index (χ3n) is 3.48. The average molecular weight is 182 g/mol. The zero-order valence-electron chi connectivity index (χ0n) is 8.51. The monoisotopic (exact) mass is 182 g/mol. The van der Waals surface area contributed by atoms with Crippen LogP contribution in [0.25, 0.3) is 0 Å². The summed E-state index contributed by atoms with van der Waals surface area (Å²) in [6.45, 7) is 5.94. The molecular formula is C11H18O2. The van der Waals surface area contributed by atoms with Gasteiger partial charge in [0, 0.05) is 25.0 Å². The van der Waals surface area contributed by atoms with E-state index in [9.17, 15) is 4.79 Å². The summed E-state index contributed by atoms with van der Waals surface area (Å²) >= 11 is 0. The molecule has 1 aliphatic heterocycles. The third-order valence-corrected chi connectivity index (χ3v) is 3.48. The van der Waals surface area contributed by atoms with E-state index in [1.807, 2.05) is 0 Å². The molecule has 2 nitrogen and oxygen atoms in total. The van der Waals surface area contributed by atoms with E-state index in [2.05, 4.69) is 13.8 Å². The summed E-state index contributed by atoms with van der Waals surface area (Å²) in [7, 11) is 0. The first-order chi connectivity index (χ1) is 6.11. The van der Waals surface area contributed by atoms with Crippen molar-refractivity contribution in [3.8, 4) is 0 Å². The van der Waals surface area contributed by atoms with Gasteiger partial charge in [0.2, 0.25) is 0 Å². The molecule has 0 aromatic rings. The number of ether oxygens (including phenoxy) is 1. The van der Waals surface area contributed by atoms with Crippen LogP contribution in [0.1, 0.15) is 33.1 Å². The van der Waals surface area contributed by atoms with Gasteiger partial charge in [-0.15, -0.1) is 0 Å². The Morgan fingerprint density at radius 2 is 1.85 bits per heavy atom. The van der Waals surface area contributed by atoms with Gasteiger partial charge in [-0.1, -0.05) is 13.8 Å². The zero-order valence-corrected chi connectivity index (χ0v) is 8.51. The molecule has 1 heterocycles. The molecule has 2 rings (SSSR count). The van der Waals surface area contributed by atoms with Crippen molar-refractivity contribution in [2.45, 2.75) is 33.1 Å². The highest BCUT2D eigenvalue weighted by Gasteiger charge is 2.51. The van der Waals surface area contributed by atoms with Crippen LogP contribution in [0.5, 0.6) is 0 Å². The third kappa shape index (κ3) is 1.78. The fraction of sp³-hybridized carbons (Fsp3) is 0.909. The Morgan fingerprint density at radius 1 is 1.31 bits per heavy atom. The van der Waals surface area contributed by atoms with E-state index in [1.54, 1.807) is 0 Å². The number of hydrogen-bond donors (Lipinski definition) is 0. The molecule has 0 aromatic carbocycles. The number of rotatable bonds is 2. The van der Waals surface area contributed by atoms with Crippen LogP contribution in [0.4, 0.5) is 0 Å². The minimum atomic E-state index is 0.301. The summed E-state index contributed by atoms with van der Waals surface area (Å²) in [5, 5.41) is 0. The largest absolute Gasteiger partial charge is 0.381 e. The maximum atomic E-state index is 11.9. The molecule has 2 aliphatic rings. The molecule has 0 amide bonds. The predicted octanol–water partition coefficient (Wildman–Crippen LogP) is 2.03. The van der Waals surface area contributed by atoms with Crippen molar-refractivity contribution in [3.05, 3.63) is 0 Å². The molecule has 1 unspecified atom stereocenters. The Hall–Kier alpha value is -0.370. The summed E-state index contributed by atoms with van der Waals surface area (Å²) in [4.78, 5) is 11.9. The van der Waals surface area contributed by atoms with Gasteiger partial charge in [0.05, 0.1) is 0 Å². The highest BCUT2D eigenvalue weighted by molar-refractivity contribution is 5.86. The Kier molecular flexibility index (Phi) is 2.18. The van der Waals surface area contributed by atoms with Crippen LogP contribution < -0.4 is 0 Å². The normalized spacial score (nSPS) is 32.9. The highest BCUT2D eigenvalue weighted by atomic mass is 16.5. The minimum Gasteiger partial charge on any atom is -0.381 e. The van der Waals surface area contributed by atoms with Crippen molar-refractivity contribution >= 4 is 5.78 Å². The Labute approximate surface area is 79.7 Å². The molecule has 74 valence electrons. The van der Waals surface area contributed by atoms with Crippen LogP contribution in [-0.4, -0.2) is 19.0 Å². The van der Waals surface area contributed by atoms with E-state index >= 15 is 0 Å². The van der Waals surface area contributed by atoms with Gasteiger partial charge in [0.15, 0.2) is 0 Å². The molecule has 1 saturated heterocycles. The highest BCUT2D eigenvalue weighted by Crippen LogP contribution is 2.53. The SMILES string of the molecule is CC1(C)CC1C(=O)C1CCOCC1. The van der Waals surface area contributed by atoms with E-state index in [0.29, 0.717) is 23.0 Å². The van der Waals surface area contributed by atoms with Crippen LogP contribution in [0.2, 0.25) is 0 Å². The van der Waals surface area contributed by atoms with Crippen LogP contribution >= 0.6 is 0 Å². The maximum absolute atomic E-state index is 11.9. The van der Waals surface area contributed by atoms with E-state index in [-0.39, 0.29) is 0 Å². The minimum absolute atomic E-state index is 0.301.